The molecule has 2 aromatic rings. The average molecular weight is 398 g/mol. The average Bonchev–Trinajstić information content (AvgIpc) is 2.78. The van der Waals surface area contributed by atoms with Crippen molar-refractivity contribution in [3.05, 3.63) is 54.6 Å². The Balaban J connectivity index is 1.40. The standard InChI is InChI=1S/C23H31N3O3/c1-19(25(2)13-6-16-29-22-7-4-3-5-8-22)23(27)24-20-9-11-21(12-10-20)26-14-17-28-18-15-26/h3-5,7-12,19H,6,13-18H2,1-2H3,(H,24,27). The molecular formula is C23H31N3O3. The first-order valence-corrected chi connectivity index (χ1v) is 10.3. The number of likely N-dealkylation sites (N-methyl/N-ethyl adjacent to an activating group) is 1. The van der Waals surface area contributed by atoms with Crippen molar-refractivity contribution in [1.29, 1.82) is 0 Å². The van der Waals surface area contributed by atoms with E-state index in [1.807, 2.05) is 61.3 Å². The number of benzene rings is 2. The smallest absolute Gasteiger partial charge is 0.241 e. The third-order valence-corrected chi connectivity index (χ3v) is 5.22. The van der Waals surface area contributed by atoms with E-state index >= 15 is 0 Å². The molecule has 0 aromatic heterocycles. The molecule has 0 spiro atoms. The Morgan fingerprint density at radius 2 is 1.83 bits per heavy atom. The van der Waals surface area contributed by atoms with Gasteiger partial charge in [0.05, 0.1) is 25.9 Å². The minimum atomic E-state index is -0.217. The second kappa shape index (κ2) is 10.8. The van der Waals surface area contributed by atoms with Crippen molar-refractivity contribution in [3.8, 4) is 5.75 Å². The number of morpholine rings is 1. The summed E-state index contributed by atoms with van der Waals surface area (Å²) in [6.07, 6.45) is 0.858. The van der Waals surface area contributed by atoms with E-state index in [-0.39, 0.29) is 11.9 Å². The van der Waals surface area contributed by atoms with Crippen molar-refractivity contribution >= 4 is 17.3 Å². The zero-order chi connectivity index (χ0) is 20.5. The highest BCUT2D eigenvalue weighted by Crippen LogP contribution is 2.19. The topological polar surface area (TPSA) is 54.0 Å². The minimum Gasteiger partial charge on any atom is -0.494 e. The lowest BCUT2D eigenvalue weighted by Crippen LogP contribution is -2.40. The van der Waals surface area contributed by atoms with Gasteiger partial charge in [-0.05, 0) is 56.8 Å². The molecule has 6 heteroatoms. The molecule has 0 bridgehead atoms. The maximum atomic E-state index is 12.6. The quantitative estimate of drug-likeness (QED) is 0.659. The van der Waals surface area contributed by atoms with Crippen LogP contribution in [0.2, 0.25) is 0 Å². The predicted octanol–water partition coefficient (Wildman–Crippen LogP) is 3.25. The summed E-state index contributed by atoms with van der Waals surface area (Å²) in [5.41, 5.74) is 1.98. The van der Waals surface area contributed by atoms with E-state index < -0.39 is 0 Å². The first-order chi connectivity index (χ1) is 14.1. The highest BCUT2D eigenvalue weighted by molar-refractivity contribution is 5.94. The largest absolute Gasteiger partial charge is 0.494 e. The molecule has 1 aliphatic heterocycles. The predicted molar refractivity (Wildman–Crippen MR) is 117 cm³/mol. The summed E-state index contributed by atoms with van der Waals surface area (Å²) in [6.45, 7) is 6.68. The van der Waals surface area contributed by atoms with E-state index in [2.05, 4.69) is 22.3 Å². The molecule has 1 saturated heterocycles. The van der Waals surface area contributed by atoms with Gasteiger partial charge < -0.3 is 19.7 Å². The number of carbonyl (C=O) groups is 1. The summed E-state index contributed by atoms with van der Waals surface area (Å²) < 4.78 is 11.1. The Morgan fingerprint density at radius 3 is 2.52 bits per heavy atom. The van der Waals surface area contributed by atoms with Gasteiger partial charge in [0.25, 0.3) is 0 Å². The molecule has 1 unspecified atom stereocenters. The van der Waals surface area contributed by atoms with Crippen LogP contribution >= 0.6 is 0 Å². The molecule has 6 nitrogen and oxygen atoms in total. The molecule has 1 aliphatic rings. The summed E-state index contributed by atoms with van der Waals surface area (Å²) in [6, 6.07) is 17.6. The van der Waals surface area contributed by atoms with E-state index in [0.29, 0.717) is 6.61 Å². The molecule has 1 amide bonds. The van der Waals surface area contributed by atoms with Crippen LogP contribution in [0.1, 0.15) is 13.3 Å². The van der Waals surface area contributed by atoms with Gasteiger partial charge in [0.1, 0.15) is 5.75 Å². The number of amides is 1. The summed E-state index contributed by atoms with van der Waals surface area (Å²) in [5.74, 6) is 0.872. The second-order valence-electron chi connectivity index (χ2n) is 7.31. The van der Waals surface area contributed by atoms with Gasteiger partial charge in [0.2, 0.25) is 5.91 Å². The van der Waals surface area contributed by atoms with E-state index in [1.165, 1.54) is 0 Å². The molecule has 1 fully saturated rings. The van der Waals surface area contributed by atoms with Crippen molar-refractivity contribution in [1.82, 2.24) is 4.90 Å². The van der Waals surface area contributed by atoms with Gasteiger partial charge in [-0.3, -0.25) is 9.69 Å². The fourth-order valence-corrected chi connectivity index (χ4v) is 3.24. The van der Waals surface area contributed by atoms with Gasteiger partial charge in [-0.2, -0.15) is 0 Å². The highest BCUT2D eigenvalue weighted by atomic mass is 16.5. The molecule has 1 heterocycles. The highest BCUT2D eigenvalue weighted by Gasteiger charge is 2.18. The van der Waals surface area contributed by atoms with Crippen LogP contribution in [0.3, 0.4) is 0 Å². The monoisotopic (exact) mass is 397 g/mol. The first-order valence-electron chi connectivity index (χ1n) is 10.3. The van der Waals surface area contributed by atoms with Crippen LogP contribution < -0.4 is 15.0 Å². The van der Waals surface area contributed by atoms with Crippen LogP contribution in [0.25, 0.3) is 0 Å². The third kappa shape index (κ3) is 6.48. The summed E-state index contributed by atoms with van der Waals surface area (Å²) >= 11 is 0. The van der Waals surface area contributed by atoms with Gasteiger partial charge in [-0.1, -0.05) is 18.2 Å². The zero-order valence-electron chi connectivity index (χ0n) is 17.3. The van der Waals surface area contributed by atoms with E-state index in [0.717, 1.165) is 56.4 Å². The molecule has 2 aromatic carbocycles. The SMILES string of the molecule is CC(C(=O)Nc1ccc(N2CCOCC2)cc1)N(C)CCCOc1ccccc1. The van der Waals surface area contributed by atoms with Gasteiger partial charge in [-0.25, -0.2) is 0 Å². The number of hydrogen-bond donors (Lipinski definition) is 1. The van der Waals surface area contributed by atoms with Crippen LogP contribution in [0, 0.1) is 0 Å². The normalized spacial score (nSPS) is 15.2. The fourth-order valence-electron chi connectivity index (χ4n) is 3.24. The van der Waals surface area contributed by atoms with Crippen molar-refractivity contribution in [2.24, 2.45) is 0 Å². The van der Waals surface area contributed by atoms with E-state index in [1.54, 1.807) is 0 Å². The minimum absolute atomic E-state index is 0.00407. The van der Waals surface area contributed by atoms with Crippen LogP contribution in [-0.2, 0) is 9.53 Å². The number of hydrogen-bond acceptors (Lipinski definition) is 5. The number of nitrogens with one attached hydrogen (secondary N) is 1. The number of nitrogens with zero attached hydrogens (tertiary/aromatic N) is 2. The van der Waals surface area contributed by atoms with Crippen molar-refractivity contribution < 1.29 is 14.3 Å². The molecule has 29 heavy (non-hydrogen) atoms. The van der Waals surface area contributed by atoms with Gasteiger partial charge >= 0.3 is 0 Å². The Morgan fingerprint density at radius 1 is 1.14 bits per heavy atom. The Kier molecular flexibility index (Phi) is 7.90. The lowest BCUT2D eigenvalue weighted by molar-refractivity contribution is -0.120. The van der Waals surface area contributed by atoms with Gasteiger partial charge in [0.15, 0.2) is 0 Å². The Hall–Kier alpha value is -2.57. The number of carbonyl (C=O) groups excluding carboxylic acids is 1. The van der Waals surface area contributed by atoms with Crippen LogP contribution in [-0.4, -0.2) is 63.4 Å². The van der Waals surface area contributed by atoms with E-state index in [9.17, 15) is 4.79 Å². The molecule has 0 radical (unpaired) electrons. The molecule has 0 aliphatic carbocycles. The lowest BCUT2D eigenvalue weighted by Gasteiger charge is -2.29. The van der Waals surface area contributed by atoms with Crippen LogP contribution in [0.4, 0.5) is 11.4 Å². The second-order valence-corrected chi connectivity index (χ2v) is 7.31. The van der Waals surface area contributed by atoms with Crippen molar-refractivity contribution in [2.75, 3.05) is 56.7 Å². The Labute approximate surface area is 173 Å². The number of para-hydroxylation sites is 1. The van der Waals surface area contributed by atoms with Crippen molar-refractivity contribution in [3.63, 3.8) is 0 Å². The third-order valence-electron chi connectivity index (χ3n) is 5.22. The summed E-state index contributed by atoms with van der Waals surface area (Å²) in [5, 5.41) is 3.01. The summed E-state index contributed by atoms with van der Waals surface area (Å²) in [4.78, 5) is 16.9. The molecule has 3 rings (SSSR count). The zero-order valence-corrected chi connectivity index (χ0v) is 17.3. The van der Waals surface area contributed by atoms with Gasteiger partial charge in [-0.15, -0.1) is 0 Å². The number of anilines is 2. The van der Waals surface area contributed by atoms with Crippen molar-refractivity contribution in [2.45, 2.75) is 19.4 Å². The molecular weight excluding hydrogens is 366 g/mol. The van der Waals surface area contributed by atoms with Crippen LogP contribution in [0.15, 0.2) is 54.6 Å². The first kappa shape index (κ1) is 21.1. The lowest BCUT2D eigenvalue weighted by atomic mass is 10.2. The number of rotatable bonds is 9. The van der Waals surface area contributed by atoms with Crippen LogP contribution in [0.5, 0.6) is 5.75 Å². The maximum Gasteiger partial charge on any atom is 0.241 e. The molecule has 1 atom stereocenters. The molecule has 156 valence electrons. The molecule has 1 N–H and O–H groups in total. The maximum absolute atomic E-state index is 12.6. The van der Waals surface area contributed by atoms with Gasteiger partial charge in [0, 0.05) is 31.0 Å². The van der Waals surface area contributed by atoms with E-state index in [4.69, 9.17) is 9.47 Å². The Bertz CT molecular complexity index is 746. The number of ether oxygens (including phenoxy) is 2. The summed E-state index contributed by atoms with van der Waals surface area (Å²) in [7, 11) is 1.97. The fraction of sp³-hybridized carbons (Fsp3) is 0.435. The molecule has 0 saturated carbocycles.